The van der Waals surface area contributed by atoms with Gasteiger partial charge in [-0.25, -0.2) is 5.43 Å². The second-order valence-corrected chi connectivity index (χ2v) is 7.99. The average molecular weight is 474 g/mol. The molecule has 3 aromatic rings. The van der Waals surface area contributed by atoms with E-state index >= 15 is 0 Å². The fourth-order valence-corrected chi connectivity index (χ4v) is 3.73. The van der Waals surface area contributed by atoms with Crippen LogP contribution in [-0.2, 0) is 19.9 Å². The first kappa shape index (κ1) is 24.1. The Morgan fingerprint density at radius 1 is 0.943 bits per heavy atom. The van der Waals surface area contributed by atoms with E-state index in [0.29, 0.717) is 48.7 Å². The molecular weight excluding hydrogens is 446 g/mol. The van der Waals surface area contributed by atoms with Crippen molar-refractivity contribution >= 4 is 18.0 Å². The maximum absolute atomic E-state index is 13.1. The van der Waals surface area contributed by atoms with E-state index in [9.17, 15) is 14.7 Å². The van der Waals surface area contributed by atoms with Gasteiger partial charge in [0.15, 0.2) is 12.2 Å². The van der Waals surface area contributed by atoms with Crippen molar-refractivity contribution in [3.05, 3.63) is 102 Å². The summed E-state index contributed by atoms with van der Waals surface area (Å²) in [4.78, 5) is 27.0. The van der Waals surface area contributed by atoms with Crippen LogP contribution in [0, 0.1) is 0 Å². The van der Waals surface area contributed by atoms with Crippen molar-refractivity contribution in [2.45, 2.75) is 5.60 Å². The zero-order chi connectivity index (χ0) is 24.5. The summed E-state index contributed by atoms with van der Waals surface area (Å²) in [5, 5.41) is 15.4. The summed E-state index contributed by atoms with van der Waals surface area (Å²) in [5.41, 5.74) is 2.13. The number of ether oxygens (including phenoxy) is 2. The summed E-state index contributed by atoms with van der Waals surface area (Å²) in [6, 6.07) is 24.4. The molecule has 8 heteroatoms. The Kier molecular flexibility index (Phi) is 7.87. The van der Waals surface area contributed by atoms with E-state index in [-0.39, 0.29) is 12.5 Å². The van der Waals surface area contributed by atoms with Gasteiger partial charge in [-0.2, -0.15) is 5.10 Å². The van der Waals surface area contributed by atoms with E-state index in [1.807, 2.05) is 12.1 Å². The lowest BCUT2D eigenvalue weighted by Gasteiger charge is -2.27. The number of hydrazone groups is 1. The number of nitrogens with one attached hydrogen (secondary N) is 1. The number of carbonyl (C=O) groups is 2. The van der Waals surface area contributed by atoms with Gasteiger partial charge in [0.05, 0.1) is 19.4 Å². The van der Waals surface area contributed by atoms with Crippen LogP contribution in [0.3, 0.4) is 0 Å². The first-order valence-electron chi connectivity index (χ1n) is 11.3. The summed E-state index contributed by atoms with van der Waals surface area (Å²) in [7, 11) is 0. The van der Waals surface area contributed by atoms with E-state index in [0.717, 1.165) is 0 Å². The summed E-state index contributed by atoms with van der Waals surface area (Å²) < 4.78 is 10.8. The summed E-state index contributed by atoms with van der Waals surface area (Å²) in [6.45, 7) is 2.20. The van der Waals surface area contributed by atoms with Gasteiger partial charge in [0.1, 0.15) is 5.75 Å². The predicted molar refractivity (Wildman–Crippen MR) is 131 cm³/mol. The molecule has 1 fully saturated rings. The highest BCUT2D eigenvalue weighted by molar-refractivity contribution is 5.91. The fraction of sp³-hybridized carbons (Fsp3) is 0.222. The molecule has 2 N–H and O–H groups in total. The van der Waals surface area contributed by atoms with Gasteiger partial charge < -0.3 is 19.5 Å². The smallest absolute Gasteiger partial charge is 0.281 e. The largest absolute Gasteiger partial charge is 0.484 e. The van der Waals surface area contributed by atoms with Crippen molar-refractivity contribution in [2.24, 2.45) is 5.10 Å². The third-order valence-electron chi connectivity index (χ3n) is 5.70. The maximum Gasteiger partial charge on any atom is 0.281 e. The molecule has 0 spiro atoms. The SMILES string of the molecule is O=C(COc1ccc(C=NNC(=O)C(O)(c2ccccc2)c2ccccc2)cc1)N1CCOCC1. The number of morpholine rings is 1. The molecule has 0 bridgehead atoms. The van der Waals surface area contributed by atoms with Gasteiger partial charge >= 0.3 is 0 Å². The molecule has 0 saturated carbocycles. The molecule has 0 unspecified atom stereocenters. The molecule has 2 amide bonds. The number of aliphatic hydroxyl groups is 1. The normalized spacial score (nSPS) is 14.0. The molecule has 1 aliphatic rings. The molecule has 1 aliphatic heterocycles. The zero-order valence-corrected chi connectivity index (χ0v) is 19.2. The van der Waals surface area contributed by atoms with Crippen LogP contribution in [0.25, 0.3) is 0 Å². The number of benzene rings is 3. The van der Waals surface area contributed by atoms with Gasteiger partial charge in [0.25, 0.3) is 11.8 Å². The van der Waals surface area contributed by atoms with Crippen molar-refractivity contribution in [1.29, 1.82) is 0 Å². The lowest BCUT2D eigenvalue weighted by atomic mass is 9.85. The number of hydrogen-bond donors (Lipinski definition) is 2. The van der Waals surface area contributed by atoms with Crippen molar-refractivity contribution in [2.75, 3.05) is 32.9 Å². The van der Waals surface area contributed by atoms with E-state index < -0.39 is 11.5 Å². The van der Waals surface area contributed by atoms with Gasteiger partial charge in [0.2, 0.25) is 0 Å². The lowest BCUT2D eigenvalue weighted by Crippen LogP contribution is -2.43. The van der Waals surface area contributed by atoms with Crippen LogP contribution < -0.4 is 10.2 Å². The Labute approximate surface area is 203 Å². The summed E-state index contributed by atoms with van der Waals surface area (Å²) >= 11 is 0. The standard InChI is InChI=1S/C27H27N3O5/c31-25(30-15-17-34-18-16-30)20-35-24-13-11-21(12-14-24)19-28-29-26(32)27(33,22-7-3-1-4-8-22)23-9-5-2-6-10-23/h1-14,19,33H,15-18,20H2,(H,29,32). The first-order chi connectivity index (χ1) is 17.1. The monoisotopic (exact) mass is 473 g/mol. The molecule has 0 radical (unpaired) electrons. The predicted octanol–water partition coefficient (Wildman–Crippen LogP) is 2.31. The third kappa shape index (κ3) is 5.92. The van der Waals surface area contributed by atoms with E-state index in [1.165, 1.54) is 6.21 Å². The molecule has 1 saturated heterocycles. The third-order valence-corrected chi connectivity index (χ3v) is 5.70. The van der Waals surface area contributed by atoms with Crippen LogP contribution in [0.4, 0.5) is 0 Å². The second-order valence-electron chi connectivity index (χ2n) is 7.99. The van der Waals surface area contributed by atoms with Crippen LogP contribution in [0.5, 0.6) is 5.75 Å². The van der Waals surface area contributed by atoms with E-state index in [4.69, 9.17) is 9.47 Å². The van der Waals surface area contributed by atoms with Gasteiger partial charge in [-0.3, -0.25) is 9.59 Å². The van der Waals surface area contributed by atoms with E-state index in [2.05, 4.69) is 10.5 Å². The number of amides is 2. The minimum Gasteiger partial charge on any atom is -0.484 e. The molecular formula is C27H27N3O5. The molecule has 180 valence electrons. The highest BCUT2D eigenvalue weighted by Crippen LogP contribution is 2.29. The molecule has 0 aliphatic carbocycles. The van der Waals surface area contributed by atoms with Crippen LogP contribution in [0.15, 0.2) is 90.0 Å². The van der Waals surface area contributed by atoms with Crippen LogP contribution in [0.1, 0.15) is 16.7 Å². The molecule has 35 heavy (non-hydrogen) atoms. The fourth-order valence-electron chi connectivity index (χ4n) is 3.73. The quantitative estimate of drug-likeness (QED) is 0.386. The lowest BCUT2D eigenvalue weighted by molar-refractivity contribution is -0.137. The Balaban J connectivity index is 1.37. The van der Waals surface area contributed by atoms with Gasteiger partial charge in [0, 0.05) is 13.1 Å². The van der Waals surface area contributed by atoms with Crippen LogP contribution >= 0.6 is 0 Å². The van der Waals surface area contributed by atoms with Gasteiger partial charge in [-0.05, 0) is 41.0 Å². The number of nitrogens with zero attached hydrogens (tertiary/aromatic N) is 2. The minimum absolute atomic E-state index is 0.0406. The maximum atomic E-state index is 13.1. The van der Waals surface area contributed by atoms with Crippen molar-refractivity contribution < 1.29 is 24.2 Å². The Bertz CT molecular complexity index is 1100. The zero-order valence-electron chi connectivity index (χ0n) is 19.2. The highest BCUT2D eigenvalue weighted by atomic mass is 16.5. The number of hydrogen-bond acceptors (Lipinski definition) is 6. The number of rotatable bonds is 8. The highest BCUT2D eigenvalue weighted by Gasteiger charge is 2.39. The molecule has 4 rings (SSSR count). The Hall–Kier alpha value is -4.01. The van der Waals surface area contributed by atoms with Crippen LogP contribution in [-0.4, -0.2) is 60.9 Å². The Morgan fingerprint density at radius 2 is 1.51 bits per heavy atom. The van der Waals surface area contributed by atoms with E-state index in [1.54, 1.807) is 77.7 Å². The van der Waals surface area contributed by atoms with Gasteiger partial charge in [-0.1, -0.05) is 60.7 Å². The van der Waals surface area contributed by atoms with Crippen molar-refractivity contribution in [3.63, 3.8) is 0 Å². The first-order valence-corrected chi connectivity index (χ1v) is 11.3. The molecule has 1 heterocycles. The van der Waals surface area contributed by atoms with Crippen molar-refractivity contribution in [3.8, 4) is 5.75 Å². The summed E-state index contributed by atoms with van der Waals surface area (Å²) in [6.07, 6.45) is 1.47. The second kappa shape index (κ2) is 11.4. The molecule has 0 aromatic heterocycles. The number of carbonyl (C=O) groups excluding carboxylic acids is 2. The summed E-state index contributed by atoms with van der Waals surface area (Å²) in [5.74, 6) is -0.200. The molecule has 3 aromatic carbocycles. The molecule has 8 nitrogen and oxygen atoms in total. The average Bonchev–Trinajstić information content (AvgIpc) is 2.93. The minimum atomic E-state index is -1.90. The van der Waals surface area contributed by atoms with Gasteiger partial charge in [-0.15, -0.1) is 0 Å². The van der Waals surface area contributed by atoms with Crippen molar-refractivity contribution in [1.82, 2.24) is 10.3 Å². The van der Waals surface area contributed by atoms with Crippen LogP contribution in [0.2, 0.25) is 0 Å². The molecule has 0 atom stereocenters. The Morgan fingerprint density at radius 3 is 2.09 bits per heavy atom. The topological polar surface area (TPSA) is 100 Å².